The molecule has 1 atom stereocenters. The van der Waals surface area contributed by atoms with Crippen LogP contribution in [0.25, 0.3) is 0 Å². The van der Waals surface area contributed by atoms with E-state index in [0.717, 1.165) is 39.1 Å². The minimum Gasteiger partial charge on any atom is -0.444 e. The van der Waals surface area contributed by atoms with Gasteiger partial charge < -0.3 is 14.4 Å². The van der Waals surface area contributed by atoms with Gasteiger partial charge in [-0.3, -0.25) is 4.90 Å². The van der Waals surface area contributed by atoms with Crippen molar-refractivity contribution in [3.8, 4) is 0 Å². The maximum Gasteiger partial charge on any atom is 0.410 e. The van der Waals surface area contributed by atoms with Crippen molar-refractivity contribution in [2.75, 3.05) is 39.4 Å². The van der Waals surface area contributed by atoms with Gasteiger partial charge in [-0.2, -0.15) is 0 Å². The fourth-order valence-corrected chi connectivity index (χ4v) is 3.69. The van der Waals surface area contributed by atoms with Gasteiger partial charge in [-0.05, 0) is 45.4 Å². The zero-order valence-corrected chi connectivity index (χ0v) is 13.6. The number of hydrogen-bond acceptors (Lipinski definition) is 4. The van der Waals surface area contributed by atoms with Crippen LogP contribution in [0, 0.1) is 5.41 Å². The number of carbonyl (C=O) groups excluding carboxylic acids is 1. The molecular formula is C16H28N2O3. The molecule has 0 aromatic heterocycles. The molecule has 3 aliphatic heterocycles. The molecule has 0 unspecified atom stereocenters. The van der Waals surface area contributed by atoms with E-state index in [1.165, 1.54) is 19.5 Å². The average molecular weight is 296 g/mol. The van der Waals surface area contributed by atoms with E-state index in [0.29, 0.717) is 11.5 Å². The van der Waals surface area contributed by atoms with Gasteiger partial charge in [0, 0.05) is 38.8 Å². The largest absolute Gasteiger partial charge is 0.444 e. The van der Waals surface area contributed by atoms with Gasteiger partial charge in [0.1, 0.15) is 5.60 Å². The molecule has 0 aromatic rings. The van der Waals surface area contributed by atoms with E-state index in [1.807, 2.05) is 25.7 Å². The van der Waals surface area contributed by atoms with Crippen molar-refractivity contribution >= 4 is 6.09 Å². The summed E-state index contributed by atoms with van der Waals surface area (Å²) in [6, 6.07) is 0.638. The summed E-state index contributed by atoms with van der Waals surface area (Å²) in [4.78, 5) is 16.5. The van der Waals surface area contributed by atoms with Crippen LogP contribution in [0.2, 0.25) is 0 Å². The predicted molar refractivity (Wildman–Crippen MR) is 80.3 cm³/mol. The molecule has 3 fully saturated rings. The highest BCUT2D eigenvalue weighted by Crippen LogP contribution is 2.42. The average Bonchev–Trinajstić information content (AvgIpc) is 2.87. The third-order valence-corrected chi connectivity index (χ3v) is 4.97. The van der Waals surface area contributed by atoms with Gasteiger partial charge >= 0.3 is 6.09 Å². The lowest BCUT2D eigenvalue weighted by Gasteiger charge is -2.55. The van der Waals surface area contributed by atoms with Crippen LogP contribution in [0.4, 0.5) is 4.79 Å². The summed E-state index contributed by atoms with van der Waals surface area (Å²) in [5, 5.41) is 0. The van der Waals surface area contributed by atoms with Gasteiger partial charge in [0.25, 0.3) is 0 Å². The predicted octanol–water partition coefficient (Wildman–Crippen LogP) is 2.11. The van der Waals surface area contributed by atoms with E-state index < -0.39 is 5.60 Å². The lowest BCUT2D eigenvalue weighted by Crippen LogP contribution is -2.63. The molecule has 0 saturated carbocycles. The van der Waals surface area contributed by atoms with E-state index in [-0.39, 0.29) is 6.09 Å². The first-order chi connectivity index (χ1) is 9.87. The molecule has 3 saturated heterocycles. The van der Waals surface area contributed by atoms with Gasteiger partial charge in [-0.1, -0.05) is 0 Å². The van der Waals surface area contributed by atoms with Crippen molar-refractivity contribution in [1.29, 1.82) is 0 Å². The lowest BCUT2D eigenvalue weighted by molar-refractivity contribution is -0.0714. The summed E-state index contributed by atoms with van der Waals surface area (Å²) in [5.74, 6) is 0. The normalized spacial score (nSPS) is 29.5. The Morgan fingerprint density at radius 2 is 1.90 bits per heavy atom. The summed E-state index contributed by atoms with van der Waals surface area (Å²) in [5.41, 5.74) is 0.0447. The molecule has 5 heteroatoms. The first kappa shape index (κ1) is 15.1. The Morgan fingerprint density at radius 1 is 1.24 bits per heavy atom. The van der Waals surface area contributed by atoms with Gasteiger partial charge in [0.2, 0.25) is 0 Å². The van der Waals surface area contributed by atoms with Crippen LogP contribution in [0.1, 0.15) is 40.0 Å². The minimum absolute atomic E-state index is 0.155. The molecule has 0 radical (unpaired) electrons. The number of amides is 1. The molecule has 5 nitrogen and oxygen atoms in total. The van der Waals surface area contributed by atoms with E-state index in [2.05, 4.69) is 4.90 Å². The van der Waals surface area contributed by atoms with Crippen LogP contribution in [-0.4, -0.2) is 66.9 Å². The van der Waals surface area contributed by atoms with Crippen LogP contribution in [0.15, 0.2) is 0 Å². The quantitative estimate of drug-likeness (QED) is 0.743. The standard InChI is InChI=1S/C16H28N2O3/c1-15(2,3)21-14(19)17-7-5-16(6-8-17)11-18(12-16)13-4-9-20-10-13/h13H,4-12H2,1-3H3/t13-/m1/s1. The van der Waals surface area contributed by atoms with Crippen LogP contribution in [0.3, 0.4) is 0 Å². The summed E-state index contributed by atoms with van der Waals surface area (Å²) in [6.45, 7) is 11.6. The number of carbonyl (C=O) groups is 1. The Balaban J connectivity index is 1.45. The molecule has 0 N–H and O–H groups in total. The fraction of sp³-hybridized carbons (Fsp3) is 0.938. The fourth-order valence-electron chi connectivity index (χ4n) is 3.69. The minimum atomic E-state index is -0.401. The van der Waals surface area contributed by atoms with Crippen molar-refractivity contribution in [2.24, 2.45) is 5.41 Å². The topological polar surface area (TPSA) is 42.0 Å². The molecule has 1 amide bonds. The number of rotatable bonds is 1. The van der Waals surface area contributed by atoms with Crippen molar-refractivity contribution < 1.29 is 14.3 Å². The Labute approximate surface area is 127 Å². The maximum absolute atomic E-state index is 12.1. The lowest BCUT2D eigenvalue weighted by atomic mass is 9.71. The number of hydrogen-bond donors (Lipinski definition) is 0. The zero-order chi connectivity index (χ0) is 15.1. The number of nitrogens with zero attached hydrogens (tertiary/aromatic N) is 2. The molecule has 120 valence electrons. The highest BCUT2D eigenvalue weighted by molar-refractivity contribution is 5.68. The third kappa shape index (κ3) is 3.34. The maximum atomic E-state index is 12.1. The number of piperidine rings is 1. The Morgan fingerprint density at radius 3 is 2.43 bits per heavy atom. The Hall–Kier alpha value is -0.810. The Kier molecular flexibility index (Phi) is 3.91. The van der Waals surface area contributed by atoms with E-state index >= 15 is 0 Å². The highest BCUT2D eigenvalue weighted by Gasteiger charge is 2.48. The zero-order valence-electron chi connectivity index (χ0n) is 13.6. The van der Waals surface area contributed by atoms with E-state index in [1.54, 1.807) is 0 Å². The summed E-state index contributed by atoms with van der Waals surface area (Å²) in [7, 11) is 0. The van der Waals surface area contributed by atoms with Crippen molar-refractivity contribution in [3.63, 3.8) is 0 Å². The third-order valence-electron chi connectivity index (χ3n) is 4.97. The van der Waals surface area contributed by atoms with Crippen molar-refractivity contribution in [3.05, 3.63) is 0 Å². The van der Waals surface area contributed by atoms with Gasteiger partial charge in [-0.25, -0.2) is 4.79 Å². The first-order valence-corrected chi connectivity index (χ1v) is 8.17. The molecule has 3 rings (SSSR count). The molecule has 0 aromatic carbocycles. The van der Waals surface area contributed by atoms with Crippen LogP contribution in [0.5, 0.6) is 0 Å². The van der Waals surface area contributed by atoms with Crippen molar-refractivity contribution in [1.82, 2.24) is 9.80 Å². The molecule has 3 heterocycles. The van der Waals surface area contributed by atoms with Gasteiger partial charge in [-0.15, -0.1) is 0 Å². The first-order valence-electron chi connectivity index (χ1n) is 8.17. The second-order valence-corrected chi connectivity index (χ2v) is 7.89. The SMILES string of the molecule is CC(C)(C)OC(=O)N1CCC2(CC1)CN([C@@H]1CCOC1)C2. The molecule has 3 aliphatic rings. The van der Waals surface area contributed by atoms with Gasteiger partial charge in [0.05, 0.1) is 6.61 Å². The summed E-state index contributed by atoms with van der Waals surface area (Å²) < 4.78 is 10.9. The summed E-state index contributed by atoms with van der Waals surface area (Å²) >= 11 is 0. The van der Waals surface area contributed by atoms with Crippen molar-refractivity contribution in [2.45, 2.75) is 51.7 Å². The summed E-state index contributed by atoms with van der Waals surface area (Å²) in [6.07, 6.45) is 3.24. The van der Waals surface area contributed by atoms with Crippen LogP contribution in [-0.2, 0) is 9.47 Å². The second kappa shape index (κ2) is 5.43. The number of ether oxygens (including phenoxy) is 2. The molecule has 0 aliphatic carbocycles. The molecule has 0 bridgehead atoms. The van der Waals surface area contributed by atoms with E-state index in [9.17, 15) is 4.79 Å². The number of likely N-dealkylation sites (tertiary alicyclic amines) is 2. The Bertz CT molecular complexity index is 383. The highest BCUT2D eigenvalue weighted by atomic mass is 16.6. The second-order valence-electron chi connectivity index (χ2n) is 7.89. The molecular weight excluding hydrogens is 268 g/mol. The van der Waals surface area contributed by atoms with E-state index in [4.69, 9.17) is 9.47 Å². The smallest absolute Gasteiger partial charge is 0.410 e. The van der Waals surface area contributed by atoms with Crippen LogP contribution >= 0.6 is 0 Å². The van der Waals surface area contributed by atoms with Crippen LogP contribution < -0.4 is 0 Å². The molecule has 21 heavy (non-hydrogen) atoms. The molecule has 1 spiro atoms. The van der Waals surface area contributed by atoms with Gasteiger partial charge in [0.15, 0.2) is 0 Å². The monoisotopic (exact) mass is 296 g/mol.